The fourth-order valence-electron chi connectivity index (χ4n) is 3.35. The molecule has 7 nitrogen and oxygen atoms in total. The highest BCUT2D eigenvalue weighted by molar-refractivity contribution is 5.93. The van der Waals surface area contributed by atoms with E-state index < -0.39 is 12.0 Å². The Hall–Kier alpha value is -3.71. The van der Waals surface area contributed by atoms with Crippen LogP contribution in [0.4, 0.5) is 5.82 Å². The molecule has 0 saturated carbocycles. The van der Waals surface area contributed by atoms with Gasteiger partial charge < -0.3 is 14.8 Å². The third kappa shape index (κ3) is 2.80. The summed E-state index contributed by atoms with van der Waals surface area (Å²) >= 11 is 0. The van der Waals surface area contributed by atoms with E-state index in [4.69, 9.17) is 9.47 Å². The van der Waals surface area contributed by atoms with Crippen molar-refractivity contribution in [3.63, 3.8) is 0 Å². The van der Waals surface area contributed by atoms with Crippen molar-refractivity contribution in [3.05, 3.63) is 58.3 Å². The molecule has 1 aliphatic heterocycles. The zero-order valence-electron chi connectivity index (χ0n) is 15.2. The third-order valence-corrected chi connectivity index (χ3v) is 4.43. The fourth-order valence-corrected chi connectivity index (χ4v) is 3.35. The first-order valence-electron chi connectivity index (χ1n) is 8.41. The van der Waals surface area contributed by atoms with Crippen LogP contribution in [0.2, 0.25) is 0 Å². The lowest BCUT2D eigenvalue weighted by atomic mass is 9.95. The number of carbonyl (C=O) groups excluding carboxylic acids is 1. The molecule has 1 aromatic heterocycles. The Kier molecular flexibility index (Phi) is 4.87. The van der Waals surface area contributed by atoms with E-state index in [1.165, 1.54) is 7.11 Å². The second-order valence-corrected chi connectivity index (χ2v) is 5.90. The molecular formula is C20H18N4O3. The summed E-state index contributed by atoms with van der Waals surface area (Å²) in [5.41, 5.74) is 2.08. The standard InChI is InChI=1S/C20H18N4O3/c1-4-27-20(25)16-12(2)23-18-14(10-21)15(11-22)19(26-3)24(18)17(16)13-8-6-5-7-9-13/h5-9,17,23H,4H2,1-3H3/t17-/m0/s1. The van der Waals surface area contributed by atoms with Crippen molar-refractivity contribution in [1.29, 1.82) is 10.5 Å². The summed E-state index contributed by atoms with van der Waals surface area (Å²) in [6, 6.07) is 12.9. The average molecular weight is 362 g/mol. The highest BCUT2D eigenvalue weighted by Gasteiger charge is 2.38. The Morgan fingerprint density at radius 1 is 1.22 bits per heavy atom. The van der Waals surface area contributed by atoms with Crippen LogP contribution in [0.5, 0.6) is 5.88 Å². The van der Waals surface area contributed by atoms with Crippen molar-refractivity contribution >= 4 is 11.8 Å². The van der Waals surface area contributed by atoms with Crippen LogP contribution in [0, 0.1) is 22.7 Å². The Bertz CT molecular complexity index is 1010. The third-order valence-electron chi connectivity index (χ3n) is 4.43. The monoisotopic (exact) mass is 362 g/mol. The van der Waals surface area contributed by atoms with E-state index in [2.05, 4.69) is 11.4 Å². The number of carbonyl (C=O) groups is 1. The number of fused-ring (bicyclic) bond motifs is 1. The van der Waals surface area contributed by atoms with E-state index in [1.807, 2.05) is 36.4 Å². The average Bonchev–Trinajstić information content (AvgIpc) is 2.99. The maximum Gasteiger partial charge on any atom is 0.338 e. The number of allylic oxidation sites excluding steroid dienone is 1. The van der Waals surface area contributed by atoms with Gasteiger partial charge in [0.25, 0.3) is 0 Å². The molecular weight excluding hydrogens is 344 g/mol. The van der Waals surface area contributed by atoms with E-state index in [1.54, 1.807) is 18.4 Å². The second-order valence-electron chi connectivity index (χ2n) is 5.90. The number of hydrogen-bond acceptors (Lipinski definition) is 6. The number of nitrogens with one attached hydrogen (secondary N) is 1. The molecule has 0 fully saturated rings. The Morgan fingerprint density at radius 2 is 1.89 bits per heavy atom. The molecule has 0 unspecified atom stereocenters. The normalized spacial score (nSPS) is 15.2. The van der Waals surface area contributed by atoms with Crippen molar-refractivity contribution in [2.45, 2.75) is 19.9 Å². The van der Waals surface area contributed by atoms with E-state index in [9.17, 15) is 15.3 Å². The summed E-state index contributed by atoms with van der Waals surface area (Å²) in [5, 5.41) is 22.3. The molecule has 3 rings (SSSR count). The molecule has 0 bridgehead atoms. The van der Waals surface area contributed by atoms with Crippen molar-refractivity contribution in [2.75, 3.05) is 19.0 Å². The minimum Gasteiger partial charge on any atom is -0.481 e. The van der Waals surface area contributed by atoms with Gasteiger partial charge in [0.2, 0.25) is 5.88 Å². The van der Waals surface area contributed by atoms with Crippen LogP contribution in [-0.2, 0) is 9.53 Å². The number of rotatable bonds is 4. The van der Waals surface area contributed by atoms with E-state index in [0.29, 0.717) is 17.1 Å². The number of nitriles is 2. The van der Waals surface area contributed by atoms with Crippen LogP contribution >= 0.6 is 0 Å². The SMILES string of the molecule is CCOC(=O)C1=C(C)Nc2c(C#N)c(C#N)c(OC)n2[C@H]1c1ccccc1. The summed E-state index contributed by atoms with van der Waals surface area (Å²) in [7, 11) is 1.43. The molecule has 136 valence electrons. The van der Waals surface area contributed by atoms with Crippen molar-refractivity contribution in [3.8, 4) is 18.0 Å². The van der Waals surface area contributed by atoms with Gasteiger partial charge in [-0.15, -0.1) is 0 Å². The summed E-state index contributed by atoms with van der Waals surface area (Å²) in [5.74, 6) is 0.180. The first kappa shape index (κ1) is 18.1. The van der Waals surface area contributed by atoms with Gasteiger partial charge in [-0.25, -0.2) is 4.79 Å². The molecule has 1 N–H and O–H groups in total. The molecule has 0 amide bonds. The number of aromatic nitrogens is 1. The molecule has 7 heteroatoms. The number of methoxy groups -OCH3 is 1. The number of benzene rings is 1. The van der Waals surface area contributed by atoms with Crippen LogP contribution < -0.4 is 10.1 Å². The molecule has 0 radical (unpaired) electrons. The van der Waals surface area contributed by atoms with Gasteiger partial charge >= 0.3 is 5.97 Å². The zero-order valence-corrected chi connectivity index (χ0v) is 15.2. The van der Waals surface area contributed by atoms with Crippen molar-refractivity contribution < 1.29 is 14.3 Å². The summed E-state index contributed by atoms with van der Waals surface area (Å²) in [6.07, 6.45) is 0. The van der Waals surface area contributed by atoms with Crippen LogP contribution in [0.1, 0.15) is 36.6 Å². The lowest BCUT2D eigenvalue weighted by molar-refractivity contribution is -0.139. The van der Waals surface area contributed by atoms with Crippen LogP contribution in [-0.4, -0.2) is 24.3 Å². The van der Waals surface area contributed by atoms with Crippen LogP contribution in [0.15, 0.2) is 41.6 Å². The van der Waals surface area contributed by atoms with Crippen LogP contribution in [0.3, 0.4) is 0 Å². The second kappa shape index (κ2) is 7.27. The Balaban J connectivity index is 2.36. The van der Waals surface area contributed by atoms with Gasteiger partial charge in [0.15, 0.2) is 0 Å². The van der Waals surface area contributed by atoms with Gasteiger partial charge in [-0.2, -0.15) is 10.5 Å². The topological polar surface area (TPSA) is 100 Å². The van der Waals surface area contributed by atoms with Crippen LogP contribution in [0.25, 0.3) is 0 Å². The quantitative estimate of drug-likeness (QED) is 0.839. The maximum atomic E-state index is 12.7. The highest BCUT2D eigenvalue weighted by Crippen LogP contribution is 2.45. The van der Waals surface area contributed by atoms with Gasteiger partial charge in [-0.05, 0) is 19.4 Å². The summed E-state index contributed by atoms with van der Waals surface area (Å²) < 4.78 is 12.4. The summed E-state index contributed by atoms with van der Waals surface area (Å²) in [6.45, 7) is 3.73. The number of ether oxygens (including phenoxy) is 2. The molecule has 27 heavy (non-hydrogen) atoms. The number of anilines is 1. The van der Waals surface area contributed by atoms with E-state index in [0.717, 1.165) is 5.56 Å². The highest BCUT2D eigenvalue weighted by atomic mass is 16.5. The van der Waals surface area contributed by atoms with E-state index >= 15 is 0 Å². The van der Waals surface area contributed by atoms with Crippen molar-refractivity contribution in [2.24, 2.45) is 0 Å². The lowest BCUT2D eigenvalue weighted by Gasteiger charge is -2.31. The smallest absolute Gasteiger partial charge is 0.338 e. The zero-order chi connectivity index (χ0) is 19.6. The summed E-state index contributed by atoms with van der Waals surface area (Å²) in [4.78, 5) is 12.7. The van der Waals surface area contributed by atoms with Gasteiger partial charge in [-0.1, -0.05) is 30.3 Å². The Morgan fingerprint density at radius 3 is 2.44 bits per heavy atom. The predicted octanol–water partition coefficient (Wildman–Crippen LogP) is 3.09. The lowest BCUT2D eigenvalue weighted by Crippen LogP contribution is -2.29. The number of esters is 1. The minimum atomic E-state index is -0.592. The number of nitrogens with zero attached hydrogens (tertiary/aromatic N) is 3. The first-order chi connectivity index (χ1) is 13.1. The molecule has 2 aromatic rings. The van der Waals surface area contributed by atoms with Gasteiger partial charge in [-0.3, -0.25) is 4.57 Å². The molecule has 0 spiro atoms. The predicted molar refractivity (Wildman–Crippen MR) is 98.0 cm³/mol. The molecule has 2 heterocycles. The minimum absolute atomic E-state index is 0.126. The Labute approximate surface area is 157 Å². The maximum absolute atomic E-state index is 12.7. The van der Waals surface area contributed by atoms with Gasteiger partial charge in [0, 0.05) is 5.70 Å². The molecule has 0 saturated heterocycles. The fraction of sp³-hybridized carbons (Fsp3) is 0.250. The van der Waals surface area contributed by atoms with Gasteiger partial charge in [0.1, 0.15) is 29.1 Å². The van der Waals surface area contributed by atoms with Gasteiger partial charge in [0.05, 0.1) is 25.3 Å². The largest absolute Gasteiger partial charge is 0.481 e. The van der Waals surface area contributed by atoms with Crippen molar-refractivity contribution in [1.82, 2.24) is 4.57 Å². The molecule has 1 aromatic carbocycles. The number of hydrogen-bond donors (Lipinski definition) is 1. The molecule has 0 aliphatic carbocycles. The first-order valence-corrected chi connectivity index (χ1v) is 8.41. The molecule has 1 atom stereocenters. The molecule has 1 aliphatic rings. The van der Waals surface area contributed by atoms with E-state index in [-0.39, 0.29) is 23.6 Å².